The summed E-state index contributed by atoms with van der Waals surface area (Å²) in [4.78, 5) is 14.0. The highest BCUT2D eigenvalue weighted by atomic mass is 35.5. The first-order valence-corrected chi connectivity index (χ1v) is 6.94. The first kappa shape index (κ1) is 14.4. The van der Waals surface area contributed by atoms with E-state index in [0.717, 1.165) is 6.42 Å². The summed E-state index contributed by atoms with van der Waals surface area (Å²) in [5.41, 5.74) is 0.525. The van der Waals surface area contributed by atoms with Crippen molar-refractivity contribution < 1.29 is 9.53 Å². The van der Waals surface area contributed by atoms with Gasteiger partial charge in [0.05, 0.1) is 17.3 Å². The maximum atomic E-state index is 12.3. The summed E-state index contributed by atoms with van der Waals surface area (Å²) in [6, 6.07) is 4.94. The van der Waals surface area contributed by atoms with Gasteiger partial charge in [-0.3, -0.25) is 0 Å². The first-order chi connectivity index (χ1) is 9.08. The van der Waals surface area contributed by atoms with Gasteiger partial charge in [0.1, 0.15) is 0 Å². The van der Waals surface area contributed by atoms with Crippen molar-refractivity contribution in [3.8, 4) is 0 Å². The van der Waals surface area contributed by atoms with E-state index in [1.165, 1.54) is 0 Å². The summed E-state index contributed by atoms with van der Waals surface area (Å²) >= 11 is 11.9. The van der Waals surface area contributed by atoms with Crippen molar-refractivity contribution in [2.75, 3.05) is 25.1 Å². The Kier molecular flexibility index (Phi) is 4.91. The number of nitrogens with one attached hydrogen (secondary N) is 1. The number of hydrogen-bond donors (Lipinski definition) is 1. The van der Waals surface area contributed by atoms with Gasteiger partial charge in [0.15, 0.2) is 0 Å². The zero-order valence-electron chi connectivity index (χ0n) is 10.7. The van der Waals surface area contributed by atoms with Crippen LogP contribution < -0.4 is 5.32 Å². The minimum atomic E-state index is -0.179. The molecule has 0 radical (unpaired) electrons. The summed E-state index contributed by atoms with van der Waals surface area (Å²) in [6.07, 6.45) is 0.830. The molecule has 1 fully saturated rings. The van der Waals surface area contributed by atoms with Crippen LogP contribution in [0, 0.1) is 0 Å². The number of rotatable bonds is 1. The van der Waals surface area contributed by atoms with Crippen molar-refractivity contribution in [3.63, 3.8) is 0 Å². The average molecular weight is 303 g/mol. The van der Waals surface area contributed by atoms with Gasteiger partial charge in [0.2, 0.25) is 0 Å². The van der Waals surface area contributed by atoms with Crippen molar-refractivity contribution >= 4 is 34.9 Å². The highest BCUT2D eigenvalue weighted by Gasteiger charge is 2.22. The van der Waals surface area contributed by atoms with Gasteiger partial charge in [-0.2, -0.15) is 0 Å². The van der Waals surface area contributed by atoms with E-state index in [1.807, 2.05) is 6.92 Å². The molecule has 0 bridgehead atoms. The van der Waals surface area contributed by atoms with Crippen LogP contribution in [0.3, 0.4) is 0 Å². The minimum Gasteiger partial charge on any atom is -0.380 e. The van der Waals surface area contributed by atoms with Crippen molar-refractivity contribution in [2.45, 2.75) is 19.4 Å². The van der Waals surface area contributed by atoms with Crippen LogP contribution in [0.5, 0.6) is 0 Å². The van der Waals surface area contributed by atoms with Gasteiger partial charge in [0, 0.05) is 24.2 Å². The third-order valence-electron chi connectivity index (χ3n) is 3.12. The Balaban J connectivity index is 2.09. The van der Waals surface area contributed by atoms with Gasteiger partial charge < -0.3 is 15.0 Å². The molecule has 0 saturated carbocycles. The van der Waals surface area contributed by atoms with Crippen LogP contribution in [-0.2, 0) is 4.74 Å². The Morgan fingerprint density at radius 2 is 2.21 bits per heavy atom. The van der Waals surface area contributed by atoms with Crippen molar-refractivity contribution in [3.05, 3.63) is 28.2 Å². The molecule has 1 N–H and O–H groups in total. The number of halogens is 2. The van der Waals surface area contributed by atoms with Crippen LogP contribution in [0.25, 0.3) is 0 Å². The fourth-order valence-corrected chi connectivity index (χ4v) is 2.31. The Hall–Kier alpha value is -0.970. The largest absolute Gasteiger partial charge is 0.380 e. The maximum Gasteiger partial charge on any atom is 0.322 e. The fourth-order valence-electron chi connectivity index (χ4n) is 1.98. The molecule has 0 spiro atoms. The molecule has 1 atom stereocenters. The zero-order valence-corrected chi connectivity index (χ0v) is 12.2. The van der Waals surface area contributed by atoms with Crippen molar-refractivity contribution in [2.24, 2.45) is 0 Å². The molecule has 2 amide bonds. The quantitative estimate of drug-likeness (QED) is 0.860. The van der Waals surface area contributed by atoms with Crippen molar-refractivity contribution in [1.82, 2.24) is 4.90 Å². The summed E-state index contributed by atoms with van der Waals surface area (Å²) in [7, 11) is 0. The second-order valence-corrected chi connectivity index (χ2v) is 5.34. The predicted octanol–water partition coefficient (Wildman–Crippen LogP) is 3.64. The lowest BCUT2D eigenvalue weighted by atomic mass is 10.2. The van der Waals surface area contributed by atoms with Gasteiger partial charge >= 0.3 is 6.03 Å². The number of nitrogens with zero attached hydrogens (tertiary/aromatic N) is 1. The van der Waals surface area contributed by atoms with E-state index in [0.29, 0.717) is 35.5 Å². The molecule has 19 heavy (non-hydrogen) atoms. The lowest BCUT2D eigenvalue weighted by Crippen LogP contribution is -2.42. The lowest BCUT2D eigenvalue weighted by Gasteiger charge is -2.26. The average Bonchev–Trinajstić information content (AvgIpc) is 2.58. The molecular weight excluding hydrogens is 287 g/mol. The van der Waals surface area contributed by atoms with Gasteiger partial charge in [-0.1, -0.05) is 23.2 Å². The third-order valence-corrected chi connectivity index (χ3v) is 3.68. The van der Waals surface area contributed by atoms with E-state index >= 15 is 0 Å². The van der Waals surface area contributed by atoms with Crippen LogP contribution in [-0.4, -0.2) is 36.7 Å². The summed E-state index contributed by atoms with van der Waals surface area (Å²) in [6.45, 7) is 3.82. The van der Waals surface area contributed by atoms with Crippen LogP contribution in [0.2, 0.25) is 10.0 Å². The van der Waals surface area contributed by atoms with Crippen molar-refractivity contribution in [1.29, 1.82) is 0 Å². The molecule has 1 unspecified atom stereocenters. The Morgan fingerprint density at radius 1 is 1.42 bits per heavy atom. The summed E-state index contributed by atoms with van der Waals surface area (Å²) in [5.74, 6) is 0. The molecule has 1 aliphatic rings. The Morgan fingerprint density at radius 3 is 3.00 bits per heavy atom. The molecule has 104 valence electrons. The van der Waals surface area contributed by atoms with Gasteiger partial charge in [0.25, 0.3) is 0 Å². The summed E-state index contributed by atoms with van der Waals surface area (Å²) < 4.78 is 5.37. The van der Waals surface area contributed by atoms with E-state index in [1.54, 1.807) is 23.1 Å². The fraction of sp³-hybridized carbons (Fsp3) is 0.462. The minimum absolute atomic E-state index is 0.139. The Bertz CT molecular complexity index is 468. The first-order valence-electron chi connectivity index (χ1n) is 6.18. The number of hydrogen-bond acceptors (Lipinski definition) is 2. The van der Waals surface area contributed by atoms with Crippen LogP contribution in [0.1, 0.15) is 13.3 Å². The topological polar surface area (TPSA) is 41.6 Å². The molecule has 6 heteroatoms. The Labute approximate surface area is 122 Å². The van der Waals surface area contributed by atoms with Gasteiger partial charge in [-0.25, -0.2) is 4.79 Å². The van der Waals surface area contributed by atoms with Crippen LogP contribution >= 0.6 is 23.2 Å². The number of carbonyl (C=O) groups excluding carboxylic acids is 1. The number of carbonyl (C=O) groups is 1. The SMILES string of the molecule is CC1CCOCCN1C(=O)Nc1cc(Cl)ccc1Cl. The number of urea groups is 1. The molecule has 4 nitrogen and oxygen atoms in total. The molecular formula is C13H16Cl2N2O2. The number of benzene rings is 1. The monoisotopic (exact) mass is 302 g/mol. The second-order valence-electron chi connectivity index (χ2n) is 4.50. The maximum absolute atomic E-state index is 12.3. The predicted molar refractivity (Wildman–Crippen MR) is 77.1 cm³/mol. The molecule has 1 aromatic rings. The highest BCUT2D eigenvalue weighted by molar-refractivity contribution is 6.35. The molecule has 1 aromatic carbocycles. The van der Waals surface area contributed by atoms with E-state index in [2.05, 4.69) is 5.32 Å². The zero-order chi connectivity index (χ0) is 13.8. The molecule has 2 rings (SSSR count). The molecule has 1 saturated heterocycles. The number of amides is 2. The standard InChI is InChI=1S/C13H16Cl2N2O2/c1-9-4-6-19-7-5-17(9)13(18)16-12-8-10(14)2-3-11(12)15/h2-3,8-9H,4-7H2,1H3,(H,16,18). The van der Waals surface area contributed by atoms with Crippen LogP contribution in [0.4, 0.5) is 10.5 Å². The molecule has 1 aliphatic heterocycles. The molecule has 0 aliphatic carbocycles. The van der Waals surface area contributed by atoms with Gasteiger partial charge in [-0.15, -0.1) is 0 Å². The number of anilines is 1. The molecule has 0 aromatic heterocycles. The smallest absolute Gasteiger partial charge is 0.322 e. The van der Waals surface area contributed by atoms with E-state index in [9.17, 15) is 4.79 Å². The molecule has 1 heterocycles. The van der Waals surface area contributed by atoms with E-state index in [-0.39, 0.29) is 12.1 Å². The number of ether oxygens (including phenoxy) is 1. The van der Waals surface area contributed by atoms with Gasteiger partial charge in [-0.05, 0) is 31.5 Å². The summed E-state index contributed by atoms with van der Waals surface area (Å²) in [5, 5.41) is 3.80. The second kappa shape index (κ2) is 6.46. The normalized spacial score (nSPS) is 19.9. The van der Waals surface area contributed by atoms with E-state index in [4.69, 9.17) is 27.9 Å². The van der Waals surface area contributed by atoms with Crippen LogP contribution in [0.15, 0.2) is 18.2 Å². The third kappa shape index (κ3) is 3.75. The highest BCUT2D eigenvalue weighted by Crippen LogP contribution is 2.26. The lowest BCUT2D eigenvalue weighted by molar-refractivity contribution is 0.143. The van der Waals surface area contributed by atoms with E-state index < -0.39 is 0 Å².